The zero-order valence-corrected chi connectivity index (χ0v) is 44.2. The van der Waals surface area contributed by atoms with Gasteiger partial charge in [0.25, 0.3) is 5.88 Å². The molecule has 4 N–H and O–H groups in total. The SMILES string of the molecule is CNc1nnc(-c2ccccc2O)cc1N1CCN(CC2CCN(C3CCN(C4CCN(CCOc5cc(C(C(=O)N6C[C@H](O)C[C@H]6C(=O)N[C@@H](C)C#Cc6ccccc6)C(C)C)on5)CC4)CC3)CC2)C[C@@H]1C. The van der Waals surface area contributed by atoms with E-state index >= 15 is 0 Å². The average molecular weight is 1010 g/mol. The molecule has 398 valence electrons. The summed E-state index contributed by atoms with van der Waals surface area (Å²) in [5.41, 5.74) is 3.26. The first-order valence-corrected chi connectivity index (χ1v) is 27.4. The van der Waals surface area contributed by atoms with Gasteiger partial charge in [0.1, 0.15) is 24.3 Å². The van der Waals surface area contributed by atoms with Crippen molar-refractivity contribution in [2.75, 3.05) is 102 Å². The van der Waals surface area contributed by atoms with Crippen LogP contribution in [0.3, 0.4) is 0 Å². The van der Waals surface area contributed by atoms with Crippen molar-refractivity contribution < 1.29 is 29.1 Å². The molecular weight excluding hydrogens is 935 g/mol. The number of aliphatic hydroxyl groups is 1. The minimum absolute atomic E-state index is 0.0646. The second-order valence-corrected chi connectivity index (χ2v) is 21.8. The number of aliphatic hydroxyl groups excluding tert-OH is 1. The molecule has 5 saturated heterocycles. The lowest BCUT2D eigenvalue weighted by Crippen LogP contribution is -2.54. The highest BCUT2D eigenvalue weighted by atomic mass is 16.5. The number of piperidine rings is 3. The number of benzene rings is 2. The number of hydrogen-bond acceptors (Lipinski definition) is 15. The number of carbonyl (C=O) groups excluding carboxylic acids is 2. The van der Waals surface area contributed by atoms with Crippen molar-refractivity contribution in [2.45, 2.75) is 115 Å². The van der Waals surface area contributed by atoms with Gasteiger partial charge in [-0.15, -0.1) is 10.2 Å². The van der Waals surface area contributed by atoms with E-state index in [1.165, 1.54) is 56.8 Å². The number of rotatable bonds is 16. The summed E-state index contributed by atoms with van der Waals surface area (Å²) in [5, 5.41) is 40.4. The molecule has 0 spiro atoms. The average Bonchev–Trinajstić information content (AvgIpc) is 4.05. The number of hydrogen-bond donors (Lipinski definition) is 4. The second kappa shape index (κ2) is 24.7. The number of phenolic OH excluding ortho intramolecular Hbond substituents is 1. The van der Waals surface area contributed by atoms with Gasteiger partial charge in [0.2, 0.25) is 11.8 Å². The van der Waals surface area contributed by atoms with E-state index < -0.39 is 24.1 Å². The van der Waals surface area contributed by atoms with Crippen LogP contribution < -0.4 is 20.3 Å². The normalized spacial score (nSPS) is 23.1. The zero-order valence-electron chi connectivity index (χ0n) is 44.2. The van der Waals surface area contributed by atoms with Crippen LogP contribution in [-0.4, -0.2) is 190 Å². The maximum atomic E-state index is 14.1. The molecule has 0 saturated carbocycles. The van der Waals surface area contributed by atoms with E-state index in [0.717, 1.165) is 81.6 Å². The molecule has 17 nitrogen and oxygen atoms in total. The molecule has 1 unspecified atom stereocenters. The first kappa shape index (κ1) is 53.1. The standard InChI is InChI=1S/C57H79N11O6/c1-39(2)54(57(72)68-38-46(69)33-50(68)56(71)59-40(3)15-16-42-11-7-6-8-12-42)52-35-53(62-74-52)73-32-31-63-23-19-44(20-24-63)66-27-21-45(22-28-66)65-25-17-43(18-26-65)37-64-29-30-67(41(4)36-64)49-34-48(60-61-55(49)58-5)47-13-9-10-14-51(47)70/h6-14,34-35,39-41,43-46,50,54,69-70H,17-33,36-38H2,1-5H3,(H,58,61)(H,59,71)/t40-,41-,46+,50-,54?/m0/s1. The minimum atomic E-state index is -0.821. The Morgan fingerprint density at radius 1 is 0.838 bits per heavy atom. The fourth-order valence-corrected chi connectivity index (χ4v) is 12.2. The van der Waals surface area contributed by atoms with Crippen LogP contribution in [0.25, 0.3) is 11.3 Å². The highest BCUT2D eigenvalue weighted by Crippen LogP contribution is 2.36. The number of nitrogens with one attached hydrogen (secondary N) is 2. The van der Waals surface area contributed by atoms with Crippen LogP contribution in [0.5, 0.6) is 11.6 Å². The molecule has 5 fully saturated rings. The van der Waals surface area contributed by atoms with Gasteiger partial charge < -0.3 is 49.7 Å². The number of aromatic hydroxyl groups is 1. The smallest absolute Gasteiger partial charge is 0.254 e. The molecule has 0 aliphatic carbocycles. The van der Waals surface area contributed by atoms with Gasteiger partial charge in [-0.05, 0) is 139 Å². The Bertz CT molecular complexity index is 2530. The van der Waals surface area contributed by atoms with Crippen LogP contribution >= 0.6 is 0 Å². The van der Waals surface area contributed by atoms with Crippen LogP contribution in [-0.2, 0) is 9.59 Å². The Labute approximate surface area is 437 Å². The van der Waals surface area contributed by atoms with Crippen LogP contribution in [0.1, 0.15) is 89.9 Å². The molecule has 0 bridgehead atoms. The number of nitrogens with zero attached hydrogens (tertiary/aromatic N) is 9. The van der Waals surface area contributed by atoms with Crippen molar-refractivity contribution in [1.29, 1.82) is 0 Å². The van der Waals surface area contributed by atoms with Crippen molar-refractivity contribution in [2.24, 2.45) is 11.8 Å². The van der Waals surface area contributed by atoms with Crippen LogP contribution in [0, 0.1) is 23.7 Å². The number of aromatic nitrogens is 3. The first-order valence-electron chi connectivity index (χ1n) is 27.4. The largest absolute Gasteiger partial charge is 0.507 e. The summed E-state index contributed by atoms with van der Waals surface area (Å²) >= 11 is 0. The van der Waals surface area contributed by atoms with Gasteiger partial charge in [-0.25, -0.2) is 0 Å². The molecule has 2 amide bonds. The van der Waals surface area contributed by atoms with Gasteiger partial charge in [0, 0.05) is 88.1 Å². The number of phenols is 1. The van der Waals surface area contributed by atoms with Gasteiger partial charge in [0.15, 0.2) is 11.6 Å². The number of carbonyl (C=O) groups is 2. The molecule has 4 aromatic rings. The lowest BCUT2D eigenvalue weighted by molar-refractivity contribution is -0.141. The fraction of sp³-hybridized carbons (Fsp3) is 0.596. The van der Waals surface area contributed by atoms with Gasteiger partial charge >= 0.3 is 0 Å². The molecule has 2 aromatic carbocycles. The summed E-state index contributed by atoms with van der Waals surface area (Å²) in [4.78, 5) is 42.2. The summed E-state index contributed by atoms with van der Waals surface area (Å²) in [6.07, 6.45) is 6.72. The van der Waals surface area contributed by atoms with Crippen molar-refractivity contribution in [3.63, 3.8) is 0 Å². The van der Waals surface area contributed by atoms with Gasteiger partial charge in [-0.2, -0.15) is 0 Å². The fourth-order valence-electron chi connectivity index (χ4n) is 12.2. The quantitative estimate of drug-likeness (QED) is 0.105. The van der Waals surface area contributed by atoms with Crippen molar-refractivity contribution in [1.82, 2.24) is 45.2 Å². The molecule has 5 aliphatic heterocycles. The lowest BCUT2D eigenvalue weighted by Gasteiger charge is -2.46. The number of anilines is 2. The third-order valence-corrected chi connectivity index (χ3v) is 16.3. The van der Waals surface area contributed by atoms with E-state index in [4.69, 9.17) is 9.26 Å². The number of β-amino-alcohol motifs (C(OH)–C–C–N with tert-alkyl or cyclic N) is 1. The second-order valence-electron chi connectivity index (χ2n) is 21.8. The Morgan fingerprint density at radius 2 is 1.53 bits per heavy atom. The molecule has 5 atom stereocenters. The van der Waals surface area contributed by atoms with Crippen LogP contribution in [0.15, 0.2) is 71.3 Å². The Balaban J connectivity index is 0.662. The summed E-state index contributed by atoms with van der Waals surface area (Å²) in [6.45, 7) is 20.3. The molecule has 7 heterocycles. The molecule has 17 heteroatoms. The number of likely N-dealkylation sites (tertiary alicyclic amines) is 4. The summed E-state index contributed by atoms with van der Waals surface area (Å²) in [7, 11) is 1.89. The van der Waals surface area contributed by atoms with E-state index in [9.17, 15) is 19.8 Å². The monoisotopic (exact) mass is 1010 g/mol. The summed E-state index contributed by atoms with van der Waals surface area (Å²) in [5.74, 6) is 7.11. The number of para-hydroxylation sites is 1. The maximum Gasteiger partial charge on any atom is 0.254 e. The Morgan fingerprint density at radius 3 is 2.22 bits per heavy atom. The molecule has 2 aromatic heterocycles. The summed E-state index contributed by atoms with van der Waals surface area (Å²) in [6, 6.07) is 21.0. The van der Waals surface area contributed by atoms with Gasteiger partial charge in [-0.1, -0.05) is 56.0 Å². The third kappa shape index (κ3) is 13.0. The molecule has 5 aliphatic rings. The Hall–Kier alpha value is -5.77. The predicted octanol–water partition coefficient (Wildman–Crippen LogP) is 5.37. The molecule has 0 radical (unpaired) electrons. The number of ether oxygens (including phenoxy) is 1. The first-order chi connectivity index (χ1) is 35.9. The maximum absolute atomic E-state index is 14.1. The molecular formula is C57H79N11O6. The zero-order chi connectivity index (χ0) is 51.7. The van der Waals surface area contributed by atoms with E-state index in [1.54, 1.807) is 19.1 Å². The number of piperazine rings is 1. The summed E-state index contributed by atoms with van der Waals surface area (Å²) < 4.78 is 11.8. The van der Waals surface area contributed by atoms with Gasteiger partial charge in [-0.3, -0.25) is 19.4 Å². The van der Waals surface area contributed by atoms with E-state index in [1.807, 2.05) is 69.4 Å². The van der Waals surface area contributed by atoms with Gasteiger partial charge in [0.05, 0.1) is 23.5 Å². The number of amides is 2. The lowest BCUT2D eigenvalue weighted by atomic mass is 9.91. The highest BCUT2D eigenvalue weighted by Gasteiger charge is 2.44. The van der Waals surface area contributed by atoms with Crippen molar-refractivity contribution in [3.05, 3.63) is 78.1 Å². The minimum Gasteiger partial charge on any atom is -0.507 e. The predicted molar refractivity (Wildman–Crippen MR) is 287 cm³/mol. The third-order valence-electron chi connectivity index (χ3n) is 16.3. The van der Waals surface area contributed by atoms with E-state index in [2.05, 4.69) is 75.3 Å². The Kier molecular flexibility index (Phi) is 17.7. The van der Waals surface area contributed by atoms with Crippen molar-refractivity contribution >= 4 is 23.3 Å². The van der Waals surface area contributed by atoms with Crippen LogP contribution in [0.4, 0.5) is 11.5 Å². The topological polar surface area (TPSA) is 179 Å². The van der Waals surface area contributed by atoms with Crippen LogP contribution in [0.2, 0.25) is 0 Å². The highest BCUT2D eigenvalue weighted by molar-refractivity contribution is 5.91. The van der Waals surface area contributed by atoms with E-state index in [0.29, 0.717) is 47.6 Å². The molecule has 74 heavy (non-hydrogen) atoms. The van der Waals surface area contributed by atoms with E-state index in [-0.39, 0.29) is 36.4 Å². The molecule has 9 rings (SSSR count). The van der Waals surface area contributed by atoms with Crippen molar-refractivity contribution in [3.8, 4) is 34.7 Å².